The van der Waals surface area contributed by atoms with E-state index in [4.69, 9.17) is 39.6 Å². The van der Waals surface area contributed by atoms with Crippen LogP contribution < -0.4 is 118 Å². The van der Waals surface area contributed by atoms with Crippen molar-refractivity contribution in [1.82, 2.24) is 0 Å². The third-order valence-electron chi connectivity index (χ3n) is 16.1. The summed E-state index contributed by atoms with van der Waals surface area (Å²) in [4.78, 5) is 127. The van der Waals surface area contributed by atoms with E-state index in [1.807, 2.05) is 127 Å². The zero-order chi connectivity index (χ0) is 91.4. The molecular weight excluding hydrogens is 2290 g/mol. The van der Waals surface area contributed by atoms with Crippen LogP contribution in [-0.2, 0) is 222 Å². The van der Waals surface area contributed by atoms with E-state index in [2.05, 4.69) is 104 Å². The number of aliphatic carboxylic acids is 4. The molecule has 4 radical (unpaired) electrons. The van der Waals surface area contributed by atoms with Crippen LogP contribution in [0.5, 0.6) is 17.2 Å². The molecular formula is C87H113Br4K2O29PY4. The smallest absolute Gasteiger partial charge is 1.00 e. The van der Waals surface area contributed by atoms with Gasteiger partial charge in [-0.05, 0) is 196 Å². The van der Waals surface area contributed by atoms with Crippen molar-refractivity contribution < 1.29 is 376 Å². The molecule has 29 nitrogen and oxygen atoms in total. The van der Waals surface area contributed by atoms with Crippen LogP contribution in [0, 0.1) is 0 Å². The standard InChI is InChI=1S/C20H22O5.C20H24O4.C10H15BrO4.C10H16O5.C10H8O.C7H12O3.C6H10O2.C3H4O2.CH2O3.Br3P.2K.4Y.H/c1-24-19(21)13-4-2-3-9-16(20(22)23)14-25-18-12-7-10-15-8-5-6-11-17(15)18;1-23-20(22)13-4-2-3-8-16(14-21)15-24-19-12-7-10-17-9-5-6-11-18(17)19;1-15-9(12)6-4-2-3-5-8(7-11)10(13)14;1-7(10(13)14)8(11)5-3-4-6-9(12)15-2;11-10-7-3-5-8-4-1-2-6-9(8)10;1-10-7(9)5-3-2-4-6-8;7-6-4-2-1-3-5-8-6;1-2-3(4)5;2-1-4-3;1-4(2)3;;;;;;;/h5-12H,2-4,13-14H2,1H3,(H,22,23);5-12,21H,2-4,13-15H2,1H3;5H,2-4,6-7H2,1H3,(H,13,14);8,11H,1,3-6H2,2H3,(H,13,14);1-7,11H;6H,2-5H2,1H3;1-5H2;2H,1H2,(H,4,5);1,3H;;;;;;;;/q;;;;;;;;;;2*+1;;;;;-1/p-1/b16-9+;16-8-;8-5+;;;;;;;;;;;;;;. The van der Waals surface area contributed by atoms with Gasteiger partial charge in [-0.1, -0.05) is 157 Å². The molecule has 0 spiro atoms. The minimum absolute atomic E-state index is 0. The van der Waals surface area contributed by atoms with Crippen LogP contribution in [0.25, 0.3) is 32.3 Å². The van der Waals surface area contributed by atoms with E-state index in [1.165, 1.54) is 35.5 Å². The molecule has 1 heterocycles. The molecule has 0 aliphatic carbocycles. The average Bonchev–Trinajstić information content (AvgIpc) is 0.874. The van der Waals surface area contributed by atoms with Gasteiger partial charge >= 0.3 is 162 Å². The molecule has 0 amide bonds. The first kappa shape index (κ1) is 143. The van der Waals surface area contributed by atoms with E-state index >= 15 is 0 Å². The predicted molar refractivity (Wildman–Crippen MR) is 475 cm³/mol. The molecule has 1 atom stereocenters. The van der Waals surface area contributed by atoms with Gasteiger partial charge in [-0.25, -0.2) is 19.2 Å². The number of aromatic hydroxyl groups is 1. The fourth-order valence-corrected chi connectivity index (χ4v) is 10.1. The van der Waals surface area contributed by atoms with E-state index in [0.29, 0.717) is 113 Å². The summed E-state index contributed by atoms with van der Waals surface area (Å²) in [7, 11) is 6.78. The number of benzene rings is 6. The van der Waals surface area contributed by atoms with Crippen LogP contribution in [-0.4, -0.2) is 182 Å². The number of aliphatic hydroxyl groups excluding tert-OH is 2. The van der Waals surface area contributed by atoms with Crippen LogP contribution >= 0.6 is 66.4 Å². The summed E-state index contributed by atoms with van der Waals surface area (Å²) in [5, 5.41) is 77.2. The molecule has 1 saturated heterocycles. The van der Waals surface area contributed by atoms with Crippen molar-refractivity contribution in [1.29, 1.82) is 0 Å². The fourth-order valence-electron chi connectivity index (χ4n) is 9.59. The third-order valence-corrected chi connectivity index (χ3v) is 16.7. The van der Waals surface area contributed by atoms with Crippen molar-refractivity contribution in [3.05, 3.63) is 187 Å². The van der Waals surface area contributed by atoms with Gasteiger partial charge in [0.25, 0.3) is 6.47 Å². The van der Waals surface area contributed by atoms with Crippen LogP contribution in [0.2, 0.25) is 0 Å². The Morgan fingerprint density at radius 1 is 0.512 bits per heavy atom. The number of aliphatic hydroxyl groups is 2. The summed E-state index contributed by atoms with van der Waals surface area (Å²) < 4.78 is 38.7. The number of phenolic OH excluding ortho intramolecular Hbond substituents is 1. The zero-order valence-corrected chi connectivity index (χ0v) is 97.8. The zero-order valence-electron chi connectivity index (χ0n) is 74.0. The number of alkyl halides is 1. The number of aldehydes is 1. The number of hydrogen-bond donors (Lipinski definition) is 7. The molecule has 0 bridgehead atoms. The Bertz CT molecular complexity index is 4130. The summed E-state index contributed by atoms with van der Waals surface area (Å²) in [6.07, 6.45) is 21.8. The number of rotatable bonds is 39. The second-order valence-corrected chi connectivity index (χ2v) is 40.7. The number of carboxylic acid groups (broad SMARTS) is 4. The summed E-state index contributed by atoms with van der Waals surface area (Å²) >= 11 is 12.6. The molecule has 6 aromatic rings. The van der Waals surface area contributed by atoms with E-state index < -0.39 is 30.0 Å². The van der Waals surface area contributed by atoms with Gasteiger partial charge in [0.15, 0.2) is 0 Å². The van der Waals surface area contributed by atoms with Gasteiger partial charge in [0.05, 0.1) is 66.0 Å². The molecule has 1 fully saturated rings. The molecule has 127 heavy (non-hydrogen) atoms. The van der Waals surface area contributed by atoms with E-state index in [1.54, 1.807) is 18.2 Å². The molecule has 0 aromatic heterocycles. The second-order valence-electron chi connectivity index (χ2n) is 24.8. The Hall–Kier alpha value is -2.04. The van der Waals surface area contributed by atoms with Crippen molar-refractivity contribution in [2.75, 3.05) is 67.3 Å². The number of allylic oxidation sites excluding steroid dienone is 3. The first-order chi connectivity index (χ1) is 57.9. The number of carbonyl (C=O) groups is 12. The van der Waals surface area contributed by atoms with Crippen LogP contribution in [0.1, 0.15) is 156 Å². The number of fused-ring (bicyclic) bond motifs is 3. The number of methoxy groups -OCH3 is 5. The van der Waals surface area contributed by atoms with E-state index in [0.717, 1.165) is 127 Å². The summed E-state index contributed by atoms with van der Waals surface area (Å²) in [6, 6.07) is 40.8. The van der Waals surface area contributed by atoms with Crippen LogP contribution in [0.15, 0.2) is 187 Å². The number of carboxylic acids is 4. The Kier molecular flexibility index (Phi) is 111. The number of halogens is 4. The number of esters is 6. The van der Waals surface area contributed by atoms with Crippen LogP contribution in [0.3, 0.4) is 0 Å². The number of cyclic esters (lactones) is 1. The summed E-state index contributed by atoms with van der Waals surface area (Å²) in [5.74, 6) is -3.43. The first-order valence-electron chi connectivity index (χ1n) is 37.9. The third kappa shape index (κ3) is 82.0. The SMILES string of the molecule is BrP(Br)Br.C=C(C(=O)O)C(O)CCCCC(=O)OC.C=CC(=O)O.COC(=O)CCCC/C=C(/CO)COc1cccc2ccccc12.COC(=O)CCCC/C=C(\CBr)C(=O)O.COC(=O)CCCC/C=C(\COc1cccc2ccccc12)C(=O)O.COC(=O)CCCCC=O.O=C1CCCCCO1.O=CO[O-].Oc1cccc2ccccc12.[H-].[K+].[K+].[Y].[Y].[Y].[Y]. The monoisotopic (exact) mass is 2400 g/mol. The maximum atomic E-state index is 11.4. The van der Waals surface area contributed by atoms with Crippen molar-refractivity contribution in [2.45, 2.75) is 160 Å². The number of hydrogen-bond acceptors (Lipinski definition) is 25. The van der Waals surface area contributed by atoms with Gasteiger partial charge in [0.1, 0.15) is 40.8 Å². The quantitative estimate of drug-likeness (QED) is 0.00161. The molecule has 0 saturated carbocycles. The fraction of sp³-hybridized carbons (Fsp3) is 0.402. The molecule has 40 heteroatoms. The Labute approximate surface area is 964 Å². The Balaban J connectivity index is -0.000000157. The summed E-state index contributed by atoms with van der Waals surface area (Å²) in [5.41, 5.74) is 1.20. The van der Waals surface area contributed by atoms with Gasteiger partial charge in [-0.2, -0.15) is 0 Å². The molecule has 7 rings (SSSR count). The second kappa shape index (κ2) is 98.5. The van der Waals surface area contributed by atoms with E-state index in [-0.39, 0.29) is 312 Å². The van der Waals surface area contributed by atoms with Crippen LogP contribution in [0.4, 0.5) is 0 Å². The molecule has 1 unspecified atom stereocenters. The average molecular weight is 2410 g/mol. The predicted octanol–water partition coefficient (Wildman–Crippen LogP) is 11.4. The van der Waals surface area contributed by atoms with Crippen molar-refractivity contribution in [3.8, 4) is 17.2 Å². The van der Waals surface area contributed by atoms with Gasteiger partial charge < -0.3 is 90.0 Å². The maximum Gasteiger partial charge on any atom is 1.00 e. The number of carbonyl (C=O) groups excluding carboxylic acids is 8. The normalized spacial score (nSPS) is 10.8. The van der Waals surface area contributed by atoms with Gasteiger partial charge in [0.2, 0.25) is 0 Å². The van der Waals surface area contributed by atoms with Crippen molar-refractivity contribution in [3.63, 3.8) is 0 Å². The number of phenols is 1. The molecule has 1 aliphatic rings. The first-order valence-corrected chi connectivity index (χ1v) is 46.4. The largest absolute Gasteiger partial charge is 1.00 e. The molecule has 6 aromatic carbocycles. The van der Waals surface area contributed by atoms with E-state index in [9.17, 15) is 73.2 Å². The number of unbranched alkanes of at least 4 members (excludes halogenated alkanes) is 9. The number of ether oxygens (including phenoxy) is 8. The molecule has 7 N–H and O–H groups in total. The Morgan fingerprint density at radius 3 is 1.21 bits per heavy atom. The Morgan fingerprint density at radius 2 is 0.858 bits per heavy atom. The minimum atomic E-state index is -1.20. The maximum absolute atomic E-state index is 11.4. The molecule has 1 aliphatic heterocycles. The molecule has 682 valence electrons. The summed E-state index contributed by atoms with van der Waals surface area (Å²) in [6.45, 7) is 7.00. The van der Waals surface area contributed by atoms with Gasteiger partial charge in [-0.3, -0.25) is 33.6 Å². The van der Waals surface area contributed by atoms with Gasteiger partial charge in [-0.15, -0.1) is 0 Å². The van der Waals surface area contributed by atoms with Gasteiger partial charge in [0, 0.05) is 209 Å². The topological polar surface area (TPSA) is 453 Å². The van der Waals surface area contributed by atoms with Crippen molar-refractivity contribution in [2.24, 2.45) is 0 Å². The van der Waals surface area contributed by atoms with Crippen molar-refractivity contribution >= 4 is 171 Å². The minimum Gasteiger partial charge on any atom is -1.00 e.